The SMILES string of the molecule is COCC(O)CN(C)CC(=O)c1ccc(C)cc1C. The maximum Gasteiger partial charge on any atom is 0.177 e. The molecule has 0 amide bonds. The average molecular weight is 265 g/mol. The smallest absolute Gasteiger partial charge is 0.177 e. The van der Waals surface area contributed by atoms with E-state index in [9.17, 15) is 9.90 Å². The van der Waals surface area contributed by atoms with Crippen LogP contribution in [0.1, 0.15) is 21.5 Å². The van der Waals surface area contributed by atoms with Gasteiger partial charge in [0.25, 0.3) is 0 Å². The number of aliphatic hydroxyl groups is 1. The minimum Gasteiger partial charge on any atom is -0.389 e. The molecule has 1 aromatic carbocycles. The van der Waals surface area contributed by atoms with Gasteiger partial charge >= 0.3 is 0 Å². The van der Waals surface area contributed by atoms with Crippen LogP contribution >= 0.6 is 0 Å². The fourth-order valence-corrected chi connectivity index (χ4v) is 2.13. The lowest BCUT2D eigenvalue weighted by Gasteiger charge is -2.19. The Hall–Kier alpha value is -1.23. The molecule has 0 aliphatic rings. The molecule has 0 bridgehead atoms. The number of hydrogen-bond donors (Lipinski definition) is 1. The van der Waals surface area contributed by atoms with Gasteiger partial charge in [-0.3, -0.25) is 9.69 Å². The Kier molecular flexibility index (Phi) is 6.15. The second kappa shape index (κ2) is 7.38. The Labute approximate surface area is 115 Å². The lowest BCUT2D eigenvalue weighted by molar-refractivity contribution is 0.0427. The van der Waals surface area contributed by atoms with Gasteiger partial charge in [-0.1, -0.05) is 23.8 Å². The topological polar surface area (TPSA) is 49.8 Å². The molecule has 19 heavy (non-hydrogen) atoms. The summed E-state index contributed by atoms with van der Waals surface area (Å²) in [6, 6.07) is 5.82. The van der Waals surface area contributed by atoms with Crippen LogP contribution < -0.4 is 0 Å². The van der Waals surface area contributed by atoms with Gasteiger partial charge in [0.2, 0.25) is 0 Å². The molecule has 0 fully saturated rings. The highest BCUT2D eigenvalue weighted by Crippen LogP contribution is 2.11. The van der Waals surface area contributed by atoms with Crippen LogP contribution in [0, 0.1) is 13.8 Å². The Morgan fingerprint density at radius 2 is 2.11 bits per heavy atom. The van der Waals surface area contributed by atoms with Crippen molar-refractivity contribution >= 4 is 5.78 Å². The molecule has 1 N–H and O–H groups in total. The zero-order chi connectivity index (χ0) is 14.4. The van der Waals surface area contributed by atoms with Gasteiger partial charge in [-0.25, -0.2) is 0 Å². The van der Waals surface area contributed by atoms with E-state index in [4.69, 9.17) is 4.74 Å². The summed E-state index contributed by atoms with van der Waals surface area (Å²) in [5.74, 6) is 0.0737. The van der Waals surface area contributed by atoms with E-state index in [2.05, 4.69) is 0 Å². The molecule has 0 saturated heterocycles. The second-order valence-electron chi connectivity index (χ2n) is 5.05. The normalized spacial score (nSPS) is 12.7. The summed E-state index contributed by atoms with van der Waals surface area (Å²) in [6.45, 7) is 4.95. The first-order valence-electron chi connectivity index (χ1n) is 6.40. The van der Waals surface area contributed by atoms with Gasteiger partial charge in [0.15, 0.2) is 5.78 Å². The third-order valence-corrected chi connectivity index (χ3v) is 2.98. The molecule has 106 valence electrons. The zero-order valence-corrected chi connectivity index (χ0v) is 12.1. The van der Waals surface area contributed by atoms with E-state index in [0.717, 1.165) is 16.7 Å². The summed E-state index contributed by atoms with van der Waals surface area (Å²) in [5, 5.41) is 9.62. The number of carbonyl (C=O) groups is 1. The van der Waals surface area contributed by atoms with Crippen LogP contribution in [-0.4, -0.2) is 55.7 Å². The maximum absolute atomic E-state index is 12.2. The number of aryl methyl sites for hydroxylation is 2. The first kappa shape index (κ1) is 15.8. The van der Waals surface area contributed by atoms with Crippen LogP contribution in [0.3, 0.4) is 0 Å². The predicted octanol–water partition coefficient (Wildman–Crippen LogP) is 1.43. The molecule has 1 aromatic rings. The summed E-state index contributed by atoms with van der Waals surface area (Å²) in [7, 11) is 3.37. The lowest BCUT2D eigenvalue weighted by atomic mass is 10.0. The predicted molar refractivity (Wildman–Crippen MR) is 75.6 cm³/mol. The van der Waals surface area contributed by atoms with Gasteiger partial charge in [-0.05, 0) is 26.5 Å². The van der Waals surface area contributed by atoms with Gasteiger partial charge in [-0.2, -0.15) is 0 Å². The first-order chi connectivity index (χ1) is 8.93. The van der Waals surface area contributed by atoms with E-state index in [1.54, 1.807) is 7.11 Å². The number of aliphatic hydroxyl groups excluding tert-OH is 1. The minimum absolute atomic E-state index is 0.0737. The molecule has 1 atom stereocenters. The molecule has 0 saturated carbocycles. The molecule has 1 rings (SSSR count). The molecule has 0 spiro atoms. The summed E-state index contributed by atoms with van der Waals surface area (Å²) in [5.41, 5.74) is 2.90. The largest absolute Gasteiger partial charge is 0.389 e. The Bertz CT molecular complexity index is 431. The number of carbonyl (C=O) groups excluding carboxylic acids is 1. The van der Waals surface area contributed by atoms with Crippen LogP contribution in [0.4, 0.5) is 0 Å². The van der Waals surface area contributed by atoms with E-state index in [1.165, 1.54) is 0 Å². The van der Waals surface area contributed by atoms with E-state index in [0.29, 0.717) is 13.1 Å². The Morgan fingerprint density at radius 1 is 1.42 bits per heavy atom. The van der Waals surface area contributed by atoms with Crippen LogP contribution in [0.2, 0.25) is 0 Å². The monoisotopic (exact) mass is 265 g/mol. The van der Waals surface area contributed by atoms with Gasteiger partial charge in [0.05, 0.1) is 19.3 Å². The lowest BCUT2D eigenvalue weighted by Crippen LogP contribution is -2.35. The van der Waals surface area contributed by atoms with Crippen molar-refractivity contribution in [1.82, 2.24) is 4.90 Å². The minimum atomic E-state index is -0.568. The number of ketones is 1. The van der Waals surface area contributed by atoms with E-state index >= 15 is 0 Å². The third-order valence-electron chi connectivity index (χ3n) is 2.98. The maximum atomic E-state index is 12.2. The van der Waals surface area contributed by atoms with Crippen LogP contribution in [0.5, 0.6) is 0 Å². The summed E-state index contributed by atoms with van der Waals surface area (Å²) in [6.07, 6.45) is -0.568. The molecule has 4 heteroatoms. The van der Waals surface area contributed by atoms with Crippen LogP contribution in [0.15, 0.2) is 18.2 Å². The molecule has 0 aliphatic carbocycles. The number of rotatable bonds is 7. The highest BCUT2D eigenvalue weighted by atomic mass is 16.5. The highest BCUT2D eigenvalue weighted by Gasteiger charge is 2.14. The number of nitrogens with zero attached hydrogens (tertiary/aromatic N) is 1. The van der Waals surface area contributed by atoms with E-state index in [-0.39, 0.29) is 12.4 Å². The van der Waals surface area contributed by atoms with Crippen molar-refractivity contribution in [2.75, 3.05) is 33.9 Å². The molecule has 4 nitrogen and oxygen atoms in total. The number of methoxy groups -OCH3 is 1. The van der Waals surface area contributed by atoms with Crippen molar-refractivity contribution in [3.05, 3.63) is 34.9 Å². The molecule has 0 heterocycles. The molecule has 0 aromatic heterocycles. The van der Waals surface area contributed by atoms with Crippen molar-refractivity contribution in [3.8, 4) is 0 Å². The summed E-state index contributed by atoms with van der Waals surface area (Å²) < 4.78 is 4.86. The number of Topliss-reactive ketones (excluding diaryl/α,β-unsaturated/α-hetero) is 1. The van der Waals surface area contributed by atoms with Crippen molar-refractivity contribution in [2.45, 2.75) is 20.0 Å². The molecular weight excluding hydrogens is 242 g/mol. The Morgan fingerprint density at radius 3 is 2.68 bits per heavy atom. The summed E-state index contributed by atoms with van der Waals surface area (Å²) >= 11 is 0. The van der Waals surface area contributed by atoms with Crippen LogP contribution in [0.25, 0.3) is 0 Å². The number of hydrogen-bond acceptors (Lipinski definition) is 4. The second-order valence-corrected chi connectivity index (χ2v) is 5.05. The van der Waals surface area contributed by atoms with Crippen molar-refractivity contribution < 1.29 is 14.6 Å². The first-order valence-corrected chi connectivity index (χ1v) is 6.40. The van der Waals surface area contributed by atoms with Gasteiger partial charge in [0, 0.05) is 19.2 Å². The summed E-state index contributed by atoms with van der Waals surface area (Å²) in [4.78, 5) is 14.0. The van der Waals surface area contributed by atoms with Gasteiger partial charge in [-0.15, -0.1) is 0 Å². The average Bonchev–Trinajstić information content (AvgIpc) is 2.28. The molecule has 0 radical (unpaired) electrons. The fraction of sp³-hybridized carbons (Fsp3) is 0.533. The number of likely N-dealkylation sites (N-methyl/N-ethyl adjacent to an activating group) is 1. The standard InChI is InChI=1S/C15H23NO3/c1-11-5-6-14(12(2)7-11)15(18)9-16(3)8-13(17)10-19-4/h5-7,13,17H,8-10H2,1-4H3. The van der Waals surface area contributed by atoms with Gasteiger partial charge < -0.3 is 9.84 Å². The zero-order valence-electron chi connectivity index (χ0n) is 12.1. The van der Waals surface area contributed by atoms with Crippen molar-refractivity contribution in [1.29, 1.82) is 0 Å². The number of ether oxygens (including phenoxy) is 1. The van der Waals surface area contributed by atoms with Gasteiger partial charge in [0.1, 0.15) is 0 Å². The van der Waals surface area contributed by atoms with Crippen molar-refractivity contribution in [3.63, 3.8) is 0 Å². The van der Waals surface area contributed by atoms with Crippen LogP contribution in [-0.2, 0) is 4.74 Å². The van der Waals surface area contributed by atoms with E-state index < -0.39 is 6.10 Å². The Balaban J connectivity index is 2.59. The van der Waals surface area contributed by atoms with E-state index in [1.807, 2.05) is 44.0 Å². The molecular formula is C15H23NO3. The molecule has 0 aliphatic heterocycles. The number of benzene rings is 1. The molecule has 1 unspecified atom stereocenters. The quantitative estimate of drug-likeness (QED) is 0.758. The fourth-order valence-electron chi connectivity index (χ4n) is 2.13. The third kappa shape index (κ3) is 5.11. The van der Waals surface area contributed by atoms with Crippen molar-refractivity contribution in [2.24, 2.45) is 0 Å². The highest BCUT2D eigenvalue weighted by molar-refractivity contribution is 5.98.